The molecule has 7 nitrogen and oxygen atoms in total. The van der Waals surface area contributed by atoms with Gasteiger partial charge in [-0.15, -0.1) is 12.4 Å². The molecule has 1 heterocycles. The van der Waals surface area contributed by atoms with Crippen LogP contribution in [-0.2, 0) is 14.8 Å². The molecule has 1 saturated heterocycles. The highest BCUT2D eigenvalue weighted by Gasteiger charge is 2.40. The lowest BCUT2D eigenvalue weighted by atomic mass is 9.81. The summed E-state index contributed by atoms with van der Waals surface area (Å²) >= 11 is 0. The lowest BCUT2D eigenvalue weighted by Crippen LogP contribution is -2.60. The van der Waals surface area contributed by atoms with Gasteiger partial charge in [0.1, 0.15) is 5.75 Å². The number of nitrogens with zero attached hydrogens (tertiary/aromatic N) is 2. The molecule has 27 heavy (non-hydrogen) atoms. The summed E-state index contributed by atoms with van der Waals surface area (Å²) in [6.07, 6.45) is 4.52. The predicted molar refractivity (Wildman–Crippen MR) is 106 cm³/mol. The van der Waals surface area contributed by atoms with Gasteiger partial charge in [0, 0.05) is 26.2 Å². The van der Waals surface area contributed by atoms with Gasteiger partial charge in [0.05, 0.1) is 17.5 Å². The van der Waals surface area contributed by atoms with Crippen LogP contribution in [0.3, 0.4) is 0 Å². The minimum absolute atomic E-state index is 0. The maximum Gasteiger partial charge on any atom is 0.243 e. The van der Waals surface area contributed by atoms with Crippen LogP contribution < -0.4 is 10.5 Å². The van der Waals surface area contributed by atoms with Crippen molar-refractivity contribution >= 4 is 28.3 Å². The number of halogens is 1. The van der Waals surface area contributed by atoms with Crippen LogP contribution in [0.25, 0.3) is 0 Å². The van der Waals surface area contributed by atoms with Crippen molar-refractivity contribution in [2.24, 2.45) is 5.73 Å². The summed E-state index contributed by atoms with van der Waals surface area (Å²) in [5.74, 6) is 0.582. The maximum atomic E-state index is 12.8. The third-order valence-corrected chi connectivity index (χ3v) is 7.31. The molecule has 2 aliphatic rings. The second kappa shape index (κ2) is 8.77. The summed E-state index contributed by atoms with van der Waals surface area (Å²) in [5.41, 5.74) is 5.57. The Hall–Kier alpha value is -1.35. The Morgan fingerprint density at radius 2 is 1.59 bits per heavy atom. The average Bonchev–Trinajstić information content (AvgIpc) is 2.68. The zero-order valence-corrected chi connectivity index (χ0v) is 17.2. The van der Waals surface area contributed by atoms with Gasteiger partial charge in [0.15, 0.2) is 0 Å². The molecule has 2 N–H and O–H groups in total. The van der Waals surface area contributed by atoms with E-state index >= 15 is 0 Å². The van der Waals surface area contributed by atoms with E-state index in [1.165, 1.54) is 11.4 Å². The van der Waals surface area contributed by atoms with Crippen LogP contribution in [0.1, 0.15) is 32.1 Å². The van der Waals surface area contributed by atoms with E-state index in [1.807, 2.05) is 0 Å². The van der Waals surface area contributed by atoms with Gasteiger partial charge < -0.3 is 15.4 Å². The van der Waals surface area contributed by atoms with E-state index < -0.39 is 15.6 Å². The van der Waals surface area contributed by atoms with Gasteiger partial charge in [-0.05, 0) is 37.1 Å². The highest BCUT2D eigenvalue weighted by Crippen LogP contribution is 2.28. The van der Waals surface area contributed by atoms with Crippen LogP contribution in [0.15, 0.2) is 29.2 Å². The first-order valence-electron chi connectivity index (χ1n) is 9.09. The predicted octanol–water partition coefficient (Wildman–Crippen LogP) is 1.61. The number of ether oxygens (including phenoxy) is 1. The fourth-order valence-electron chi connectivity index (χ4n) is 3.74. The van der Waals surface area contributed by atoms with E-state index in [0.717, 1.165) is 32.1 Å². The van der Waals surface area contributed by atoms with E-state index in [1.54, 1.807) is 29.2 Å². The molecule has 152 valence electrons. The Morgan fingerprint density at radius 3 is 2.11 bits per heavy atom. The molecule has 0 spiro atoms. The molecule has 0 radical (unpaired) electrons. The Morgan fingerprint density at radius 1 is 1.04 bits per heavy atom. The maximum absolute atomic E-state index is 12.8. The first kappa shape index (κ1) is 21.9. The van der Waals surface area contributed by atoms with Crippen LogP contribution in [-0.4, -0.2) is 62.4 Å². The zero-order valence-electron chi connectivity index (χ0n) is 15.6. The Labute approximate surface area is 167 Å². The standard InChI is InChI=1S/C18H27N3O4S.ClH/c1-25-15-5-7-16(8-6-15)26(23,24)21-13-11-20(12-14-21)17(22)18(19)9-3-2-4-10-18;/h5-8H,2-4,9-14,19H2,1H3;1H. The van der Waals surface area contributed by atoms with Gasteiger partial charge in [-0.2, -0.15) is 4.31 Å². The van der Waals surface area contributed by atoms with Crippen molar-refractivity contribution in [1.29, 1.82) is 0 Å². The number of benzene rings is 1. The molecule has 1 aliphatic carbocycles. The second-order valence-corrected chi connectivity index (χ2v) is 9.03. The van der Waals surface area contributed by atoms with Crippen LogP contribution in [0.5, 0.6) is 5.75 Å². The number of hydrogen-bond donors (Lipinski definition) is 1. The lowest BCUT2D eigenvalue weighted by molar-refractivity contribution is -0.139. The highest BCUT2D eigenvalue weighted by atomic mass is 35.5. The number of rotatable bonds is 4. The largest absolute Gasteiger partial charge is 0.497 e. The summed E-state index contributed by atoms with van der Waals surface area (Å²) in [6, 6.07) is 6.35. The summed E-state index contributed by atoms with van der Waals surface area (Å²) in [6.45, 7) is 1.34. The average molecular weight is 418 g/mol. The molecule has 1 aromatic rings. The number of carbonyl (C=O) groups is 1. The normalized spacial score (nSPS) is 20.6. The molecule has 1 amide bonds. The van der Waals surface area contributed by atoms with E-state index in [4.69, 9.17) is 10.5 Å². The van der Waals surface area contributed by atoms with Crippen molar-refractivity contribution in [3.05, 3.63) is 24.3 Å². The van der Waals surface area contributed by atoms with Crippen molar-refractivity contribution in [2.45, 2.75) is 42.5 Å². The number of amides is 1. The van der Waals surface area contributed by atoms with Gasteiger partial charge in [0.25, 0.3) is 0 Å². The van der Waals surface area contributed by atoms with Crippen LogP contribution in [0, 0.1) is 0 Å². The van der Waals surface area contributed by atoms with Gasteiger partial charge in [-0.3, -0.25) is 4.79 Å². The zero-order chi connectivity index (χ0) is 18.8. The van der Waals surface area contributed by atoms with E-state index in [2.05, 4.69) is 0 Å². The van der Waals surface area contributed by atoms with Crippen LogP contribution >= 0.6 is 12.4 Å². The smallest absolute Gasteiger partial charge is 0.243 e. The molecular formula is C18H28ClN3O4S. The fourth-order valence-corrected chi connectivity index (χ4v) is 5.16. The van der Waals surface area contributed by atoms with Crippen molar-refractivity contribution < 1.29 is 17.9 Å². The third-order valence-electron chi connectivity index (χ3n) is 5.39. The Balaban J connectivity index is 0.00000261. The Kier molecular flexibility index (Phi) is 7.13. The molecule has 2 fully saturated rings. The van der Waals surface area contributed by atoms with Gasteiger partial charge in [-0.25, -0.2) is 8.42 Å². The number of piperazine rings is 1. The highest BCUT2D eigenvalue weighted by molar-refractivity contribution is 7.89. The summed E-state index contributed by atoms with van der Waals surface area (Å²) in [5, 5.41) is 0. The molecule has 1 saturated carbocycles. The van der Waals surface area contributed by atoms with Gasteiger partial charge >= 0.3 is 0 Å². The van der Waals surface area contributed by atoms with Crippen molar-refractivity contribution in [2.75, 3.05) is 33.3 Å². The topological polar surface area (TPSA) is 92.9 Å². The summed E-state index contributed by atoms with van der Waals surface area (Å²) < 4.78 is 32.1. The van der Waals surface area contributed by atoms with E-state index in [-0.39, 0.29) is 36.3 Å². The molecule has 1 aliphatic heterocycles. The second-order valence-electron chi connectivity index (χ2n) is 7.09. The quantitative estimate of drug-likeness (QED) is 0.803. The number of methoxy groups -OCH3 is 1. The molecule has 0 atom stereocenters. The first-order valence-corrected chi connectivity index (χ1v) is 10.5. The van der Waals surface area contributed by atoms with Crippen molar-refractivity contribution in [3.63, 3.8) is 0 Å². The van der Waals surface area contributed by atoms with E-state index in [0.29, 0.717) is 18.8 Å². The van der Waals surface area contributed by atoms with E-state index in [9.17, 15) is 13.2 Å². The third kappa shape index (κ3) is 4.56. The Bertz CT molecular complexity index is 740. The molecule has 0 aromatic heterocycles. The first-order chi connectivity index (χ1) is 12.4. The minimum Gasteiger partial charge on any atom is -0.497 e. The molecule has 9 heteroatoms. The van der Waals surface area contributed by atoms with Crippen molar-refractivity contribution in [1.82, 2.24) is 9.21 Å². The molecule has 3 rings (SSSR count). The SMILES string of the molecule is COc1ccc(S(=O)(=O)N2CCN(C(=O)C3(N)CCCCC3)CC2)cc1.Cl. The molecule has 0 unspecified atom stereocenters. The van der Waals surface area contributed by atoms with Crippen LogP contribution in [0.2, 0.25) is 0 Å². The monoisotopic (exact) mass is 417 g/mol. The van der Waals surface area contributed by atoms with Crippen LogP contribution in [0.4, 0.5) is 0 Å². The minimum atomic E-state index is -3.57. The van der Waals surface area contributed by atoms with Crippen molar-refractivity contribution in [3.8, 4) is 5.75 Å². The number of hydrogen-bond acceptors (Lipinski definition) is 5. The van der Waals surface area contributed by atoms with Gasteiger partial charge in [-0.1, -0.05) is 19.3 Å². The summed E-state index contributed by atoms with van der Waals surface area (Å²) in [4.78, 5) is 14.8. The number of carbonyl (C=O) groups excluding carboxylic acids is 1. The molecule has 0 bridgehead atoms. The van der Waals surface area contributed by atoms with Gasteiger partial charge in [0.2, 0.25) is 15.9 Å². The lowest BCUT2D eigenvalue weighted by Gasteiger charge is -2.40. The number of nitrogens with two attached hydrogens (primary N) is 1. The molecular weight excluding hydrogens is 390 g/mol. The summed E-state index contributed by atoms with van der Waals surface area (Å²) in [7, 11) is -2.03. The number of sulfonamides is 1. The fraction of sp³-hybridized carbons (Fsp3) is 0.611. The molecule has 1 aromatic carbocycles.